The normalized spacial score (nSPS) is 15.9. The summed E-state index contributed by atoms with van der Waals surface area (Å²) in [6.07, 6.45) is 1.75. The van der Waals surface area contributed by atoms with Gasteiger partial charge in [0, 0.05) is 45.2 Å². The molecule has 0 spiro atoms. The van der Waals surface area contributed by atoms with Crippen LogP contribution in [-0.4, -0.2) is 49.8 Å². The van der Waals surface area contributed by atoms with Crippen molar-refractivity contribution >= 4 is 17.4 Å². The van der Waals surface area contributed by atoms with Gasteiger partial charge in [0.2, 0.25) is 0 Å². The second-order valence-corrected chi connectivity index (χ2v) is 5.94. The van der Waals surface area contributed by atoms with Crippen LogP contribution in [0.15, 0.2) is 18.2 Å². The molecule has 0 radical (unpaired) electrons. The molecule has 0 aromatic heterocycles. The van der Waals surface area contributed by atoms with Crippen LogP contribution in [0, 0.1) is 12.8 Å². The number of aliphatic hydroxyl groups excluding tert-OH is 1. The van der Waals surface area contributed by atoms with Crippen LogP contribution in [0.2, 0.25) is 0 Å². The van der Waals surface area contributed by atoms with Gasteiger partial charge in [-0.25, -0.2) is 4.79 Å². The number of aryl methyl sites for hydroxylation is 1. The van der Waals surface area contributed by atoms with E-state index in [9.17, 15) is 4.79 Å². The first kappa shape index (κ1) is 15.6. The predicted molar refractivity (Wildman–Crippen MR) is 85.9 cm³/mol. The van der Waals surface area contributed by atoms with E-state index in [-0.39, 0.29) is 12.6 Å². The number of nitrogens with one attached hydrogen (secondary N) is 1. The highest BCUT2D eigenvalue weighted by Crippen LogP contribution is 2.23. The Morgan fingerprint density at radius 1 is 1.38 bits per heavy atom. The summed E-state index contributed by atoms with van der Waals surface area (Å²) in [5.41, 5.74) is 3.03. The molecule has 5 heteroatoms. The summed E-state index contributed by atoms with van der Waals surface area (Å²) in [5, 5.41) is 12.1. The van der Waals surface area contributed by atoms with E-state index >= 15 is 0 Å². The van der Waals surface area contributed by atoms with Crippen molar-refractivity contribution < 1.29 is 9.90 Å². The highest BCUT2D eigenvalue weighted by Gasteiger charge is 2.22. The number of piperidine rings is 1. The van der Waals surface area contributed by atoms with E-state index in [4.69, 9.17) is 5.11 Å². The maximum atomic E-state index is 12.3. The molecule has 0 atom stereocenters. The highest BCUT2D eigenvalue weighted by atomic mass is 16.3. The molecule has 0 saturated carbocycles. The molecule has 21 heavy (non-hydrogen) atoms. The smallest absolute Gasteiger partial charge is 0.321 e. The summed E-state index contributed by atoms with van der Waals surface area (Å²) >= 11 is 0. The van der Waals surface area contributed by atoms with Gasteiger partial charge in [-0.1, -0.05) is 0 Å². The van der Waals surface area contributed by atoms with E-state index in [1.807, 2.05) is 43.0 Å². The highest BCUT2D eigenvalue weighted by molar-refractivity contribution is 5.90. The topological polar surface area (TPSA) is 55.8 Å². The molecule has 1 aromatic carbocycles. The van der Waals surface area contributed by atoms with Gasteiger partial charge in [0.1, 0.15) is 0 Å². The molecule has 5 nitrogen and oxygen atoms in total. The molecule has 116 valence electrons. The molecule has 0 bridgehead atoms. The van der Waals surface area contributed by atoms with Crippen LogP contribution in [0.1, 0.15) is 18.4 Å². The molecule has 1 aliphatic rings. The van der Waals surface area contributed by atoms with Crippen LogP contribution >= 0.6 is 0 Å². The summed E-state index contributed by atoms with van der Waals surface area (Å²) in [4.78, 5) is 16.1. The van der Waals surface area contributed by atoms with E-state index in [2.05, 4.69) is 11.4 Å². The third-order valence-electron chi connectivity index (χ3n) is 4.13. The number of aliphatic hydroxyl groups is 1. The molecule has 1 aromatic rings. The summed E-state index contributed by atoms with van der Waals surface area (Å²) in [7, 11) is 4.00. The van der Waals surface area contributed by atoms with Crippen LogP contribution in [0.5, 0.6) is 0 Å². The van der Waals surface area contributed by atoms with Crippen molar-refractivity contribution in [1.82, 2.24) is 4.90 Å². The molecule has 2 amide bonds. The zero-order chi connectivity index (χ0) is 15.4. The monoisotopic (exact) mass is 291 g/mol. The van der Waals surface area contributed by atoms with Crippen LogP contribution < -0.4 is 10.2 Å². The predicted octanol–water partition coefficient (Wildman–Crippen LogP) is 2.30. The number of carbonyl (C=O) groups excluding carboxylic acids is 1. The van der Waals surface area contributed by atoms with E-state index in [1.54, 1.807) is 0 Å². The van der Waals surface area contributed by atoms with E-state index < -0.39 is 0 Å². The van der Waals surface area contributed by atoms with Crippen molar-refractivity contribution in [3.8, 4) is 0 Å². The van der Waals surface area contributed by atoms with Gasteiger partial charge < -0.3 is 20.2 Å². The number of nitrogens with zero attached hydrogens (tertiary/aromatic N) is 2. The third-order valence-corrected chi connectivity index (χ3v) is 4.13. The summed E-state index contributed by atoms with van der Waals surface area (Å²) in [6, 6.07) is 5.96. The minimum absolute atomic E-state index is 0.0490. The molecular weight excluding hydrogens is 266 g/mol. The van der Waals surface area contributed by atoms with Gasteiger partial charge in [0.15, 0.2) is 0 Å². The fourth-order valence-electron chi connectivity index (χ4n) is 2.58. The molecule has 2 N–H and O–H groups in total. The Balaban J connectivity index is 1.97. The Morgan fingerprint density at radius 3 is 2.57 bits per heavy atom. The number of benzene rings is 1. The molecular formula is C16H25N3O2. The molecule has 2 rings (SSSR count). The first-order valence-electron chi connectivity index (χ1n) is 7.46. The second-order valence-electron chi connectivity index (χ2n) is 5.94. The lowest BCUT2D eigenvalue weighted by Gasteiger charge is -2.31. The lowest BCUT2D eigenvalue weighted by molar-refractivity contribution is 0.143. The van der Waals surface area contributed by atoms with Gasteiger partial charge in [-0.05, 0) is 49.4 Å². The average Bonchev–Trinajstić information content (AvgIpc) is 2.49. The number of carbonyl (C=O) groups is 1. The maximum absolute atomic E-state index is 12.3. The van der Waals surface area contributed by atoms with Crippen LogP contribution in [0.25, 0.3) is 0 Å². The first-order valence-corrected chi connectivity index (χ1v) is 7.46. The Bertz CT molecular complexity index is 494. The number of amides is 2. The number of hydrogen-bond donors (Lipinski definition) is 2. The molecule has 1 heterocycles. The summed E-state index contributed by atoms with van der Waals surface area (Å²) < 4.78 is 0. The van der Waals surface area contributed by atoms with Crippen molar-refractivity contribution in [2.24, 2.45) is 5.92 Å². The molecule has 0 unspecified atom stereocenters. The first-order chi connectivity index (χ1) is 10.0. The Kier molecular flexibility index (Phi) is 5.07. The number of likely N-dealkylation sites (tertiary alicyclic amines) is 1. The number of rotatable bonds is 3. The van der Waals surface area contributed by atoms with Gasteiger partial charge in [-0.3, -0.25) is 0 Å². The van der Waals surface area contributed by atoms with Crippen LogP contribution in [0.4, 0.5) is 16.2 Å². The minimum Gasteiger partial charge on any atom is -0.396 e. The van der Waals surface area contributed by atoms with Crippen molar-refractivity contribution in [2.75, 3.05) is 44.0 Å². The van der Waals surface area contributed by atoms with Crippen LogP contribution in [-0.2, 0) is 0 Å². The number of anilines is 2. The van der Waals surface area contributed by atoms with Gasteiger partial charge in [-0.2, -0.15) is 0 Å². The van der Waals surface area contributed by atoms with E-state index in [0.717, 1.165) is 29.8 Å². The summed E-state index contributed by atoms with van der Waals surface area (Å²) in [6.45, 7) is 3.65. The molecule has 1 aliphatic heterocycles. The fraction of sp³-hybridized carbons (Fsp3) is 0.562. The average molecular weight is 291 g/mol. The van der Waals surface area contributed by atoms with E-state index in [0.29, 0.717) is 19.0 Å². The quantitative estimate of drug-likeness (QED) is 0.898. The van der Waals surface area contributed by atoms with E-state index in [1.165, 1.54) is 0 Å². The Hall–Kier alpha value is -1.75. The van der Waals surface area contributed by atoms with Crippen LogP contribution in [0.3, 0.4) is 0 Å². The van der Waals surface area contributed by atoms with Gasteiger partial charge >= 0.3 is 6.03 Å². The number of urea groups is 1. The zero-order valence-electron chi connectivity index (χ0n) is 13.1. The molecule has 0 aliphatic carbocycles. The van der Waals surface area contributed by atoms with Crippen molar-refractivity contribution in [3.05, 3.63) is 23.8 Å². The largest absolute Gasteiger partial charge is 0.396 e. The van der Waals surface area contributed by atoms with Crippen molar-refractivity contribution in [2.45, 2.75) is 19.8 Å². The Morgan fingerprint density at radius 2 is 2.05 bits per heavy atom. The SMILES string of the molecule is Cc1cc(N(C)C)ccc1NC(=O)N1CCC(CO)CC1. The summed E-state index contributed by atoms with van der Waals surface area (Å²) in [5.74, 6) is 0.343. The third kappa shape index (κ3) is 3.88. The van der Waals surface area contributed by atoms with Crippen molar-refractivity contribution in [1.29, 1.82) is 0 Å². The maximum Gasteiger partial charge on any atom is 0.321 e. The number of hydrogen-bond acceptors (Lipinski definition) is 3. The minimum atomic E-state index is -0.0490. The lowest BCUT2D eigenvalue weighted by Crippen LogP contribution is -2.41. The van der Waals surface area contributed by atoms with Crippen molar-refractivity contribution in [3.63, 3.8) is 0 Å². The van der Waals surface area contributed by atoms with Gasteiger partial charge in [-0.15, -0.1) is 0 Å². The second kappa shape index (κ2) is 6.80. The standard InChI is InChI=1S/C16H25N3O2/c1-12-10-14(18(2)3)4-5-15(12)17-16(21)19-8-6-13(11-20)7-9-19/h4-5,10,13,20H,6-9,11H2,1-3H3,(H,17,21). The van der Waals surface area contributed by atoms with Gasteiger partial charge in [0.05, 0.1) is 0 Å². The molecule has 1 fully saturated rings. The van der Waals surface area contributed by atoms with Gasteiger partial charge in [0.25, 0.3) is 0 Å². The zero-order valence-corrected chi connectivity index (χ0v) is 13.1. The molecule has 1 saturated heterocycles. The fourth-order valence-corrected chi connectivity index (χ4v) is 2.58. The Labute approximate surface area is 126 Å². The lowest BCUT2D eigenvalue weighted by atomic mass is 9.98.